The summed E-state index contributed by atoms with van der Waals surface area (Å²) in [5, 5.41) is 5.95. The lowest BCUT2D eigenvalue weighted by molar-refractivity contribution is 1.23. The second-order valence-electron chi connectivity index (χ2n) is 6.10. The SMILES string of the molecule is Clc1ccc(-c2cc3cccnc3nc2N/N=C/C=C/c2ccccc2)cc1. The Bertz CT molecular complexity index is 1140. The normalized spacial score (nSPS) is 11.5. The average molecular weight is 385 g/mol. The van der Waals surface area contributed by atoms with E-state index in [2.05, 4.69) is 26.6 Å². The Morgan fingerprint density at radius 2 is 1.75 bits per heavy atom. The van der Waals surface area contributed by atoms with Crippen LogP contribution in [-0.4, -0.2) is 16.2 Å². The zero-order valence-electron chi connectivity index (χ0n) is 15.0. The van der Waals surface area contributed by atoms with E-state index in [4.69, 9.17) is 11.6 Å². The summed E-state index contributed by atoms with van der Waals surface area (Å²) in [5.41, 5.74) is 6.75. The molecule has 0 atom stereocenters. The Balaban J connectivity index is 1.63. The van der Waals surface area contributed by atoms with Crippen LogP contribution in [-0.2, 0) is 0 Å². The standard InChI is InChI=1S/C23H17ClN4/c24-20-12-10-18(11-13-20)21-16-19-9-5-14-25-22(19)27-23(21)28-26-15-4-8-17-6-2-1-3-7-17/h1-16H,(H,25,27,28)/b8-4+,26-15+. The number of hydrazone groups is 1. The fourth-order valence-electron chi connectivity index (χ4n) is 2.80. The highest BCUT2D eigenvalue weighted by atomic mass is 35.5. The molecule has 5 heteroatoms. The van der Waals surface area contributed by atoms with Crippen molar-refractivity contribution in [3.8, 4) is 11.1 Å². The molecule has 2 aromatic heterocycles. The van der Waals surface area contributed by atoms with E-state index < -0.39 is 0 Å². The number of nitrogens with one attached hydrogen (secondary N) is 1. The third-order valence-electron chi connectivity index (χ3n) is 4.16. The van der Waals surface area contributed by atoms with Gasteiger partial charge in [0.05, 0.1) is 0 Å². The number of hydrogen-bond acceptors (Lipinski definition) is 4. The topological polar surface area (TPSA) is 50.2 Å². The summed E-state index contributed by atoms with van der Waals surface area (Å²) in [6, 6.07) is 23.6. The number of benzene rings is 2. The largest absolute Gasteiger partial charge is 0.261 e. The van der Waals surface area contributed by atoms with Crippen molar-refractivity contribution in [2.24, 2.45) is 5.10 Å². The summed E-state index contributed by atoms with van der Waals surface area (Å²) in [5.74, 6) is 0.637. The Labute approximate surface area is 168 Å². The van der Waals surface area contributed by atoms with Gasteiger partial charge >= 0.3 is 0 Å². The number of fused-ring (bicyclic) bond motifs is 1. The zero-order valence-corrected chi connectivity index (χ0v) is 15.7. The molecule has 0 saturated carbocycles. The van der Waals surface area contributed by atoms with Crippen molar-refractivity contribution in [3.63, 3.8) is 0 Å². The molecule has 0 amide bonds. The van der Waals surface area contributed by atoms with Gasteiger partial charge in [0.15, 0.2) is 11.5 Å². The van der Waals surface area contributed by atoms with Crippen LogP contribution in [0.1, 0.15) is 5.56 Å². The molecule has 0 unspecified atom stereocenters. The van der Waals surface area contributed by atoms with Gasteiger partial charge in [0.25, 0.3) is 0 Å². The van der Waals surface area contributed by atoms with E-state index in [1.54, 1.807) is 12.4 Å². The van der Waals surface area contributed by atoms with E-state index >= 15 is 0 Å². The summed E-state index contributed by atoms with van der Waals surface area (Å²) >= 11 is 6.03. The maximum atomic E-state index is 6.03. The van der Waals surface area contributed by atoms with Crippen molar-refractivity contribution >= 4 is 40.7 Å². The van der Waals surface area contributed by atoms with Gasteiger partial charge in [-0.3, -0.25) is 5.43 Å². The molecule has 4 aromatic rings. The number of hydrogen-bond donors (Lipinski definition) is 1. The molecular formula is C23H17ClN4. The molecule has 2 heterocycles. The van der Waals surface area contributed by atoms with Gasteiger partial charge in [-0.05, 0) is 47.5 Å². The molecule has 4 rings (SSSR count). The van der Waals surface area contributed by atoms with E-state index in [0.717, 1.165) is 22.1 Å². The Morgan fingerprint density at radius 3 is 2.57 bits per heavy atom. The number of aromatic nitrogens is 2. The minimum atomic E-state index is 0.637. The second-order valence-corrected chi connectivity index (χ2v) is 6.54. The van der Waals surface area contributed by atoms with Gasteiger partial charge in [0.1, 0.15) is 0 Å². The van der Waals surface area contributed by atoms with Crippen LogP contribution in [0.3, 0.4) is 0 Å². The minimum absolute atomic E-state index is 0.637. The van der Waals surface area contributed by atoms with Crippen LogP contribution >= 0.6 is 11.6 Å². The summed E-state index contributed by atoms with van der Waals surface area (Å²) in [6.07, 6.45) is 7.29. The highest BCUT2D eigenvalue weighted by Gasteiger charge is 2.09. The van der Waals surface area contributed by atoms with E-state index in [9.17, 15) is 0 Å². The van der Waals surface area contributed by atoms with Crippen LogP contribution in [0.25, 0.3) is 28.2 Å². The Hall–Kier alpha value is -3.50. The third-order valence-corrected chi connectivity index (χ3v) is 4.42. The maximum absolute atomic E-state index is 6.03. The fourth-order valence-corrected chi connectivity index (χ4v) is 2.93. The average Bonchev–Trinajstić information content (AvgIpc) is 2.74. The van der Waals surface area contributed by atoms with Gasteiger partial charge in [-0.2, -0.15) is 5.10 Å². The van der Waals surface area contributed by atoms with Crippen LogP contribution < -0.4 is 5.43 Å². The summed E-state index contributed by atoms with van der Waals surface area (Å²) in [7, 11) is 0. The first kappa shape index (κ1) is 17.9. The van der Waals surface area contributed by atoms with E-state index in [1.165, 1.54) is 0 Å². The quantitative estimate of drug-likeness (QED) is 0.336. The molecule has 0 saturated heterocycles. The van der Waals surface area contributed by atoms with Crippen LogP contribution in [0.15, 0.2) is 90.2 Å². The molecule has 0 aliphatic carbocycles. The fraction of sp³-hybridized carbons (Fsp3) is 0. The lowest BCUT2D eigenvalue weighted by Crippen LogP contribution is -1.97. The molecule has 136 valence electrons. The van der Waals surface area contributed by atoms with Crippen molar-refractivity contribution in [2.45, 2.75) is 0 Å². The number of allylic oxidation sites excluding steroid dienone is 1. The molecule has 0 aliphatic heterocycles. The van der Waals surface area contributed by atoms with Crippen molar-refractivity contribution < 1.29 is 0 Å². The number of halogens is 1. The summed E-state index contributed by atoms with van der Waals surface area (Å²) in [6.45, 7) is 0. The molecule has 0 spiro atoms. The van der Waals surface area contributed by atoms with Crippen LogP contribution in [0.2, 0.25) is 5.02 Å². The monoisotopic (exact) mass is 384 g/mol. The zero-order chi connectivity index (χ0) is 19.2. The van der Waals surface area contributed by atoms with Crippen LogP contribution in [0, 0.1) is 0 Å². The van der Waals surface area contributed by atoms with Crippen molar-refractivity contribution in [1.82, 2.24) is 9.97 Å². The van der Waals surface area contributed by atoms with Crippen molar-refractivity contribution in [2.75, 3.05) is 5.43 Å². The molecular weight excluding hydrogens is 368 g/mol. The lowest BCUT2D eigenvalue weighted by Gasteiger charge is -2.10. The van der Waals surface area contributed by atoms with E-state index in [0.29, 0.717) is 16.5 Å². The Morgan fingerprint density at radius 1 is 0.929 bits per heavy atom. The van der Waals surface area contributed by atoms with Crippen molar-refractivity contribution in [1.29, 1.82) is 0 Å². The van der Waals surface area contributed by atoms with Gasteiger partial charge in [-0.15, -0.1) is 0 Å². The van der Waals surface area contributed by atoms with Crippen LogP contribution in [0.5, 0.6) is 0 Å². The van der Waals surface area contributed by atoms with Gasteiger partial charge in [0.2, 0.25) is 0 Å². The molecule has 0 aliphatic rings. The minimum Gasteiger partial charge on any atom is -0.261 e. The first-order chi connectivity index (χ1) is 13.8. The predicted octanol–water partition coefficient (Wildman–Crippen LogP) is 6.06. The third kappa shape index (κ3) is 4.24. The smallest absolute Gasteiger partial charge is 0.161 e. The van der Waals surface area contributed by atoms with Crippen LogP contribution in [0.4, 0.5) is 5.82 Å². The molecule has 1 N–H and O–H groups in total. The first-order valence-corrected chi connectivity index (χ1v) is 9.20. The summed E-state index contributed by atoms with van der Waals surface area (Å²) in [4.78, 5) is 8.97. The van der Waals surface area contributed by atoms with Crippen molar-refractivity contribution in [3.05, 3.63) is 95.7 Å². The van der Waals surface area contributed by atoms with Gasteiger partial charge in [0, 0.05) is 28.4 Å². The van der Waals surface area contributed by atoms with E-state index in [1.807, 2.05) is 78.9 Å². The van der Waals surface area contributed by atoms with Gasteiger partial charge < -0.3 is 0 Å². The lowest BCUT2D eigenvalue weighted by atomic mass is 10.1. The summed E-state index contributed by atoms with van der Waals surface area (Å²) < 4.78 is 0. The molecule has 2 aromatic carbocycles. The van der Waals surface area contributed by atoms with Gasteiger partial charge in [-0.25, -0.2) is 9.97 Å². The number of anilines is 1. The molecule has 0 bridgehead atoms. The molecule has 0 radical (unpaired) electrons. The number of rotatable bonds is 5. The number of pyridine rings is 2. The molecule has 4 nitrogen and oxygen atoms in total. The maximum Gasteiger partial charge on any atom is 0.161 e. The molecule has 0 fully saturated rings. The first-order valence-electron chi connectivity index (χ1n) is 8.82. The highest BCUT2D eigenvalue weighted by molar-refractivity contribution is 6.30. The number of nitrogens with zero attached hydrogens (tertiary/aromatic N) is 3. The predicted molar refractivity (Wildman–Crippen MR) is 118 cm³/mol. The highest BCUT2D eigenvalue weighted by Crippen LogP contribution is 2.30. The Kier molecular flexibility index (Phi) is 5.41. The second kappa shape index (κ2) is 8.46. The molecule has 28 heavy (non-hydrogen) atoms. The van der Waals surface area contributed by atoms with E-state index in [-0.39, 0.29) is 0 Å². The van der Waals surface area contributed by atoms with Gasteiger partial charge in [-0.1, -0.05) is 60.1 Å².